The van der Waals surface area contributed by atoms with Gasteiger partial charge in [-0.3, -0.25) is 4.99 Å². The predicted octanol–water partition coefficient (Wildman–Crippen LogP) is 3.44. The molecule has 2 aromatic heterocycles. The molecule has 0 aliphatic carbocycles. The van der Waals surface area contributed by atoms with Gasteiger partial charge >= 0.3 is 0 Å². The van der Waals surface area contributed by atoms with Gasteiger partial charge in [0.05, 0.1) is 6.54 Å². The van der Waals surface area contributed by atoms with Gasteiger partial charge < -0.3 is 15.1 Å². The maximum atomic E-state index is 5.50. The van der Waals surface area contributed by atoms with Crippen LogP contribution in [-0.4, -0.2) is 13.0 Å². The molecular formula is C14H20IN3OS. The molecule has 2 rings (SSSR count). The average molecular weight is 405 g/mol. The van der Waals surface area contributed by atoms with Crippen LogP contribution in [0.5, 0.6) is 0 Å². The van der Waals surface area contributed by atoms with Crippen molar-refractivity contribution < 1.29 is 4.42 Å². The molecule has 0 radical (unpaired) electrons. The number of hydrogen-bond donors (Lipinski definition) is 2. The van der Waals surface area contributed by atoms with E-state index in [9.17, 15) is 0 Å². The summed E-state index contributed by atoms with van der Waals surface area (Å²) in [6.45, 7) is 5.44. The second-order valence-electron chi connectivity index (χ2n) is 4.30. The number of thiophene rings is 1. The summed E-state index contributed by atoms with van der Waals surface area (Å²) in [5, 5.41) is 8.65. The zero-order chi connectivity index (χ0) is 13.7. The summed E-state index contributed by atoms with van der Waals surface area (Å²) < 4.78 is 5.50. The summed E-state index contributed by atoms with van der Waals surface area (Å²) in [5.41, 5.74) is 1.16. The lowest BCUT2D eigenvalue weighted by Gasteiger charge is -2.10. The third-order valence-corrected chi connectivity index (χ3v) is 3.70. The van der Waals surface area contributed by atoms with Crippen LogP contribution in [0.15, 0.2) is 33.0 Å². The Labute approximate surface area is 140 Å². The van der Waals surface area contributed by atoms with Crippen molar-refractivity contribution in [3.05, 3.63) is 45.5 Å². The zero-order valence-corrected chi connectivity index (χ0v) is 15.0. The Balaban J connectivity index is 0.00000200. The van der Waals surface area contributed by atoms with Gasteiger partial charge in [0.15, 0.2) is 5.96 Å². The van der Waals surface area contributed by atoms with Crippen LogP contribution in [0.25, 0.3) is 0 Å². The van der Waals surface area contributed by atoms with E-state index in [1.807, 2.05) is 13.8 Å². The number of halogens is 1. The summed E-state index contributed by atoms with van der Waals surface area (Å²) in [7, 11) is 1.78. The van der Waals surface area contributed by atoms with E-state index in [-0.39, 0.29) is 24.0 Å². The van der Waals surface area contributed by atoms with Crippen molar-refractivity contribution in [1.82, 2.24) is 10.6 Å². The minimum atomic E-state index is 0. The van der Waals surface area contributed by atoms with Crippen molar-refractivity contribution >= 4 is 41.3 Å². The summed E-state index contributed by atoms with van der Waals surface area (Å²) in [4.78, 5) is 5.50. The van der Waals surface area contributed by atoms with Gasteiger partial charge in [-0.1, -0.05) is 6.07 Å². The molecular weight excluding hydrogens is 385 g/mol. The van der Waals surface area contributed by atoms with Crippen LogP contribution < -0.4 is 10.6 Å². The molecule has 2 N–H and O–H groups in total. The topological polar surface area (TPSA) is 49.6 Å². The highest BCUT2D eigenvalue weighted by Gasteiger charge is 2.05. The minimum absolute atomic E-state index is 0. The highest BCUT2D eigenvalue weighted by atomic mass is 127. The van der Waals surface area contributed by atoms with Gasteiger partial charge in [0.2, 0.25) is 0 Å². The molecule has 0 aliphatic rings. The number of aliphatic imine (C=N–C) groups is 1. The monoisotopic (exact) mass is 405 g/mol. The molecule has 20 heavy (non-hydrogen) atoms. The molecule has 0 fully saturated rings. The van der Waals surface area contributed by atoms with Crippen LogP contribution in [-0.2, 0) is 13.1 Å². The smallest absolute Gasteiger partial charge is 0.191 e. The summed E-state index contributed by atoms with van der Waals surface area (Å²) in [6.07, 6.45) is 0. The normalized spacial score (nSPS) is 11.1. The third-order valence-electron chi connectivity index (χ3n) is 2.82. The first-order chi connectivity index (χ1) is 9.19. The molecule has 0 aliphatic heterocycles. The largest absolute Gasteiger partial charge is 0.466 e. The second kappa shape index (κ2) is 8.31. The van der Waals surface area contributed by atoms with Gasteiger partial charge in [0.25, 0.3) is 0 Å². The van der Waals surface area contributed by atoms with Crippen LogP contribution in [0.2, 0.25) is 0 Å². The highest BCUT2D eigenvalue weighted by molar-refractivity contribution is 14.0. The Morgan fingerprint density at radius 3 is 2.60 bits per heavy atom. The van der Waals surface area contributed by atoms with E-state index < -0.39 is 0 Å². The van der Waals surface area contributed by atoms with Crippen LogP contribution in [0.3, 0.4) is 0 Å². The first-order valence-corrected chi connectivity index (χ1v) is 7.10. The molecule has 0 unspecified atom stereocenters. The predicted molar refractivity (Wildman–Crippen MR) is 95.0 cm³/mol. The first kappa shape index (κ1) is 17.0. The van der Waals surface area contributed by atoms with Crippen LogP contribution in [0.1, 0.15) is 22.0 Å². The number of aryl methyl sites for hydroxylation is 2. The Kier molecular flexibility index (Phi) is 7.08. The van der Waals surface area contributed by atoms with Crippen molar-refractivity contribution in [2.45, 2.75) is 26.9 Å². The maximum Gasteiger partial charge on any atom is 0.191 e. The summed E-state index contributed by atoms with van der Waals surface area (Å²) in [5.74, 6) is 2.70. The van der Waals surface area contributed by atoms with Crippen LogP contribution in [0.4, 0.5) is 0 Å². The van der Waals surface area contributed by atoms with Gasteiger partial charge in [0.1, 0.15) is 11.5 Å². The zero-order valence-electron chi connectivity index (χ0n) is 11.9. The van der Waals surface area contributed by atoms with Crippen molar-refractivity contribution in [3.63, 3.8) is 0 Å². The van der Waals surface area contributed by atoms with Gasteiger partial charge in [0, 0.05) is 24.0 Å². The first-order valence-electron chi connectivity index (χ1n) is 6.22. The lowest BCUT2D eigenvalue weighted by molar-refractivity contribution is 0.500. The lowest BCUT2D eigenvalue weighted by atomic mass is 10.2. The van der Waals surface area contributed by atoms with Crippen molar-refractivity contribution in [2.24, 2.45) is 4.99 Å². The SMILES string of the molecule is CN=C(NCc1cccs1)NCc1cc(C)oc1C.I. The molecule has 2 aromatic rings. The van der Waals surface area contributed by atoms with E-state index in [1.54, 1.807) is 18.4 Å². The Bertz CT molecular complexity index is 549. The Morgan fingerprint density at radius 1 is 1.30 bits per heavy atom. The fourth-order valence-corrected chi connectivity index (χ4v) is 2.49. The lowest BCUT2D eigenvalue weighted by Crippen LogP contribution is -2.36. The Morgan fingerprint density at radius 2 is 2.05 bits per heavy atom. The van der Waals surface area contributed by atoms with Gasteiger partial charge in [-0.2, -0.15) is 0 Å². The van der Waals surface area contributed by atoms with Crippen molar-refractivity contribution in [2.75, 3.05) is 7.05 Å². The van der Waals surface area contributed by atoms with E-state index in [1.165, 1.54) is 4.88 Å². The van der Waals surface area contributed by atoms with Crippen molar-refractivity contribution in [1.29, 1.82) is 0 Å². The molecule has 4 nitrogen and oxygen atoms in total. The van der Waals surface area contributed by atoms with E-state index in [0.717, 1.165) is 29.6 Å². The number of guanidine groups is 1. The molecule has 0 aromatic carbocycles. The van der Waals surface area contributed by atoms with Crippen LogP contribution >= 0.6 is 35.3 Å². The molecule has 6 heteroatoms. The standard InChI is InChI=1S/C14H19N3OS.HI/c1-10-7-12(11(2)18-10)8-16-14(15-3)17-9-13-5-4-6-19-13;/h4-7H,8-9H2,1-3H3,(H2,15,16,17);1H. The number of furan rings is 1. The Hall–Kier alpha value is -1.02. The molecule has 0 spiro atoms. The molecule has 0 atom stereocenters. The third kappa shape index (κ3) is 4.82. The summed E-state index contributed by atoms with van der Waals surface area (Å²) in [6, 6.07) is 6.21. The molecule has 0 saturated heterocycles. The molecule has 2 heterocycles. The maximum absolute atomic E-state index is 5.50. The van der Waals surface area contributed by atoms with E-state index >= 15 is 0 Å². The average Bonchev–Trinajstić information content (AvgIpc) is 3.00. The fourth-order valence-electron chi connectivity index (χ4n) is 1.84. The van der Waals surface area contributed by atoms with Crippen LogP contribution in [0, 0.1) is 13.8 Å². The molecule has 0 saturated carbocycles. The fraction of sp³-hybridized carbons (Fsp3) is 0.357. The number of nitrogens with one attached hydrogen (secondary N) is 2. The number of nitrogens with zero attached hydrogens (tertiary/aromatic N) is 1. The number of hydrogen-bond acceptors (Lipinski definition) is 3. The van der Waals surface area contributed by atoms with Gasteiger partial charge in [-0.15, -0.1) is 35.3 Å². The van der Waals surface area contributed by atoms with Gasteiger partial charge in [-0.05, 0) is 31.4 Å². The summed E-state index contributed by atoms with van der Waals surface area (Å²) >= 11 is 1.74. The van der Waals surface area contributed by atoms with Crippen molar-refractivity contribution in [3.8, 4) is 0 Å². The number of rotatable bonds is 4. The molecule has 110 valence electrons. The van der Waals surface area contributed by atoms with E-state index in [2.05, 4.69) is 39.2 Å². The van der Waals surface area contributed by atoms with E-state index in [4.69, 9.17) is 4.42 Å². The van der Waals surface area contributed by atoms with Gasteiger partial charge in [-0.25, -0.2) is 0 Å². The highest BCUT2D eigenvalue weighted by Crippen LogP contribution is 2.13. The minimum Gasteiger partial charge on any atom is -0.466 e. The second-order valence-corrected chi connectivity index (χ2v) is 5.33. The molecule has 0 bridgehead atoms. The molecule has 0 amide bonds. The van der Waals surface area contributed by atoms with E-state index in [0.29, 0.717) is 6.54 Å². The quantitative estimate of drug-likeness (QED) is 0.466.